The van der Waals surface area contributed by atoms with Crippen molar-refractivity contribution in [2.75, 3.05) is 13.2 Å². The fourth-order valence-electron chi connectivity index (χ4n) is 4.49. The first kappa shape index (κ1) is 26.7. The van der Waals surface area contributed by atoms with Crippen LogP contribution >= 0.6 is 11.3 Å². The van der Waals surface area contributed by atoms with Crippen molar-refractivity contribution in [3.8, 4) is 5.75 Å². The van der Waals surface area contributed by atoms with Crippen molar-refractivity contribution >= 4 is 34.4 Å². The summed E-state index contributed by atoms with van der Waals surface area (Å²) >= 11 is 1.59. The van der Waals surface area contributed by atoms with Gasteiger partial charge in [-0.05, 0) is 67.3 Å². The second-order valence-corrected chi connectivity index (χ2v) is 11.2. The lowest BCUT2D eigenvalue weighted by atomic mass is 9.72. The van der Waals surface area contributed by atoms with E-state index >= 15 is 0 Å². The molecule has 2 aromatic heterocycles. The Morgan fingerprint density at radius 1 is 1.22 bits per heavy atom. The van der Waals surface area contributed by atoms with E-state index < -0.39 is 5.97 Å². The number of nitrogens with zero attached hydrogens (tertiary/aromatic N) is 1. The van der Waals surface area contributed by atoms with E-state index in [9.17, 15) is 9.59 Å². The van der Waals surface area contributed by atoms with Gasteiger partial charge in [-0.3, -0.25) is 4.79 Å². The molecule has 0 unspecified atom stereocenters. The Bertz CT molecular complexity index is 1250. The average molecular weight is 523 g/mol. The van der Waals surface area contributed by atoms with Crippen LogP contribution in [0.15, 0.2) is 52.1 Å². The number of fused-ring (bicyclic) bond motifs is 1. The molecule has 37 heavy (non-hydrogen) atoms. The van der Waals surface area contributed by atoms with Crippen LogP contribution in [0.25, 0.3) is 0 Å². The third kappa shape index (κ3) is 6.68. The Balaban J connectivity index is 1.61. The molecule has 0 spiro atoms. The number of ether oxygens (including phenoxy) is 2. The molecule has 0 bridgehead atoms. The molecule has 1 aliphatic rings. The van der Waals surface area contributed by atoms with Crippen LogP contribution in [0, 0.1) is 11.3 Å². The number of thiophene rings is 1. The number of carbonyl (C=O) groups excluding carboxylic acids is 2. The summed E-state index contributed by atoms with van der Waals surface area (Å²) < 4.78 is 16.0. The average Bonchev–Trinajstić information content (AvgIpc) is 3.52. The molecule has 0 fully saturated rings. The van der Waals surface area contributed by atoms with E-state index in [2.05, 4.69) is 26.1 Å². The third-order valence-corrected chi connectivity index (χ3v) is 7.75. The summed E-state index contributed by atoms with van der Waals surface area (Å²) in [5.41, 5.74) is 2.65. The standard InChI is InChI=1S/C29H34N2O5S/c1-5-34-25(32)18-36-23-11-7-6-9-19(23)16-31-28-26(27(33)30-17-21-10-8-14-35-21)22-13-12-20(29(2,3)4)15-24(22)37-28/h6-11,14,16,20H,5,12-13,15,17-18H2,1-4H3,(H,30,33)/t20-/m1/s1. The van der Waals surface area contributed by atoms with Gasteiger partial charge in [-0.2, -0.15) is 0 Å². The van der Waals surface area contributed by atoms with E-state index in [-0.39, 0.29) is 17.9 Å². The van der Waals surface area contributed by atoms with Crippen molar-refractivity contribution in [1.29, 1.82) is 0 Å². The quantitative estimate of drug-likeness (QED) is 0.270. The van der Waals surface area contributed by atoms with Crippen molar-refractivity contribution in [1.82, 2.24) is 5.32 Å². The topological polar surface area (TPSA) is 90.1 Å². The molecule has 4 rings (SSSR count). The van der Waals surface area contributed by atoms with Gasteiger partial charge in [-0.25, -0.2) is 9.79 Å². The molecule has 0 radical (unpaired) electrons. The number of furan rings is 1. The molecule has 1 atom stereocenters. The lowest BCUT2D eigenvalue weighted by Crippen LogP contribution is -2.28. The molecule has 0 aliphatic heterocycles. The summed E-state index contributed by atoms with van der Waals surface area (Å²) in [6, 6.07) is 11.0. The van der Waals surface area contributed by atoms with Gasteiger partial charge in [-0.1, -0.05) is 32.9 Å². The summed E-state index contributed by atoms with van der Waals surface area (Å²) in [5.74, 6) is 1.19. The highest BCUT2D eigenvalue weighted by Crippen LogP contribution is 2.45. The van der Waals surface area contributed by atoms with Gasteiger partial charge < -0.3 is 19.2 Å². The first-order chi connectivity index (χ1) is 17.8. The molecule has 1 N–H and O–H groups in total. The zero-order valence-corrected chi connectivity index (χ0v) is 22.7. The van der Waals surface area contributed by atoms with Gasteiger partial charge in [0.1, 0.15) is 16.5 Å². The van der Waals surface area contributed by atoms with Crippen LogP contribution in [-0.4, -0.2) is 31.3 Å². The lowest BCUT2D eigenvalue weighted by molar-refractivity contribution is -0.145. The Kier molecular flexibility index (Phi) is 8.48. The number of rotatable bonds is 9. The molecular weight excluding hydrogens is 488 g/mol. The van der Waals surface area contributed by atoms with Crippen molar-refractivity contribution < 1.29 is 23.5 Å². The number of amides is 1. The molecule has 0 saturated heterocycles. The van der Waals surface area contributed by atoms with E-state index in [1.807, 2.05) is 24.3 Å². The second-order valence-electron chi connectivity index (χ2n) is 10.1. The van der Waals surface area contributed by atoms with Gasteiger partial charge in [0.05, 0.1) is 25.0 Å². The highest BCUT2D eigenvalue weighted by molar-refractivity contribution is 7.16. The van der Waals surface area contributed by atoms with Crippen LogP contribution in [0.5, 0.6) is 5.75 Å². The number of hydrogen-bond donors (Lipinski definition) is 1. The van der Waals surface area contributed by atoms with E-state index in [1.165, 1.54) is 4.88 Å². The second kappa shape index (κ2) is 11.8. The first-order valence-electron chi connectivity index (χ1n) is 12.6. The van der Waals surface area contributed by atoms with Gasteiger partial charge in [0.15, 0.2) is 6.61 Å². The molecule has 8 heteroatoms. The van der Waals surface area contributed by atoms with Crippen LogP contribution in [-0.2, 0) is 28.9 Å². The van der Waals surface area contributed by atoms with Crippen molar-refractivity contribution in [2.24, 2.45) is 16.3 Å². The summed E-state index contributed by atoms with van der Waals surface area (Å²) in [5, 5.41) is 3.68. The van der Waals surface area contributed by atoms with Gasteiger partial charge in [-0.15, -0.1) is 11.3 Å². The lowest BCUT2D eigenvalue weighted by Gasteiger charge is -2.33. The number of hydrogen-bond acceptors (Lipinski definition) is 7. The first-order valence-corrected chi connectivity index (χ1v) is 13.4. The number of carbonyl (C=O) groups is 2. The van der Waals surface area contributed by atoms with Gasteiger partial charge in [0.2, 0.25) is 0 Å². The molecule has 1 aliphatic carbocycles. The third-order valence-electron chi connectivity index (χ3n) is 6.59. The highest BCUT2D eigenvalue weighted by atomic mass is 32.1. The molecule has 7 nitrogen and oxygen atoms in total. The minimum absolute atomic E-state index is 0.151. The molecular formula is C29H34N2O5S. The van der Waals surface area contributed by atoms with E-state index in [4.69, 9.17) is 18.9 Å². The maximum Gasteiger partial charge on any atom is 0.344 e. The van der Waals surface area contributed by atoms with Crippen LogP contribution in [0.4, 0.5) is 5.00 Å². The van der Waals surface area contributed by atoms with Crippen molar-refractivity contribution in [3.05, 3.63) is 70.0 Å². The molecule has 1 aromatic carbocycles. The van der Waals surface area contributed by atoms with Gasteiger partial charge in [0, 0.05) is 16.7 Å². The molecule has 0 saturated carbocycles. The summed E-state index contributed by atoms with van der Waals surface area (Å²) in [6.45, 7) is 9.02. The van der Waals surface area contributed by atoms with Crippen LogP contribution in [0.3, 0.4) is 0 Å². The summed E-state index contributed by atoms with van der Waals surface area (Å²) in [6.07, 6.45) is 6.13. The molecule has 196 valence electrons. The Morgan fingerprint density at radius 2 is 2.03 bits per heavy atom. The minimum atomic E-state index is -0.427. The van der Waals surface area contributed by atoms with Crippen LogP contribution < -0.4 is 10.1 Å². The Morgan fingerprint density at radius 3 is 2.76 bits per heavy atom. The van der Waals surface area contributed by atoms with Crippen LogP contribution in [0.1, 0.15) is 66.2 Å². The number of benzene rings is 1. The Labute approximate surface area is 221 Å². The van der Waals surface area contributed by atoms with Gasteiger partial charge in [0.25, 0.3) is 5.91 Å². The molecule has 2 heterocycles. The zero-order chi connectivity index (χ0) is 26.4. The van der Waals surface area contributed by atoms with Gasteiger partial charge >= 0.3 is 5.97 Å². The number of esters is 1. The monoisotopic (exact) mass is 522 g/mol. The summed E-state index contributed by atoms with van der Waals surface area (Å²) in [4.78, 5) is 31.1. The number of nitrogens with one attached hydrogen (secondary N) is 1. The number of para-hydroxylation sites is 1. The van der Waals surface area contributed by atoms with Crippen molar-refractivity contribution in [3.63, 3.8) is 0 Å². The predicted octanol–water partition coefficient (Wildman–Crippen LogP) is 6.11. The fraction of sp³-hybridized carbons (Fsp3) is 0.414. The maximum atomic E-state index is 13.4. The van der Waals surface area contributed by atoms with Crippen LogP contribution in [0.2, 0.25) is 0 Å². The van der Waals surface area contributed by atoms with Crippen molar-refractivity contribution in [2.45, 2.75) is 53.5 Å². The normalized spacial score (nSPS) is 15.4. The smallest absolute Gasteiger partial charge is 0.344 e. The van der Waals surface area contributed by atoms with E-state index in [1.54, 1.807) is 42.9 Å². The zero-order valence-electron chi connectivity index (χ0n) is 21.8. The molecule has 3 aromatic rings. The largest absolute Gasteiger partial charge is 0.481 e. The Hall–Kier alpha value is -3.39. The van der Waals surface area contributed by atoms with E-state index in [0.29, 0.717) is 46.7 Å². The SMILES string of the molecule is CCOC(=O)COc1ccccc1C=Nc1sc2c(c1C(=O)NCc1ccco1)CC[C@@H](C(C)(C)C)C2. The minimum Gasteiger partial charge on any atom is -0.481 e. The highest BCUT2D eigenvalue weighted by Gasteiger charge is 2.33. The molecule has 1 amide bonds. The predicted molar refractivity (Wildman–Crippen MR) is 145 cm³/mol. The number of aliphatic imine (C=N–C) groups is 1. The fourth-order valence-corrected chi connectivity index (χ4v) is 5.76. The summed E-state index contributed by atoms with van der Waals surface area (Å²) in [7, 11) is 0. The maximum absolute atomic E-state index is 13.4. The van der Waals surface area contributed by atoms with E-state index in [0.717, 1.165) is 24.8 Å².